The maximum Gasteiger partial charge on any atom is 0.315 e. The lowest BCUT2D eigenvalue weighted by Crippen LogP contribution is -2.17. The fourth-order valence-electron chi connectivity index (χ4n) is 1.37. The maximum atomic E-state index is 5.51. The lowest BCUT2D eigenvalue weighted by atomic mass is 10.3. The Labute approximate surface area is 107 Å². The van der Waals surface area contributed by atoms with Gasteiger partial charge in [-0.3, -0.25) is 0 Å². The number of rotatable bonds is 8. The number of hydrogen-bond donors (Lipinski definition) is 2. The van der Waals surface area contributed by atoms with E-state index >= 15 is 0 Å². The largest absolute Gasteiger partial charge is 0.406 e. The average Bonchev–Trinajstić information content (AvgIpc) is 2.78. The predicted molar refractivity (Wildman–Crippen MR) is 72.5 cm³/mol. The number of nitrogens with one attached hydrogen (secondary N) is 2. The average molecular weight is 258 g/mol. The van der Waals surface area contributed by atoms with Crippen LogP contribution < -0.4 is 10.6 Å². The molecule has 0 saturated heterocycles. The molecule has 1 rings (SSSR count). The van der Waals surface area contributed by atoms with Crippen LogP contribution in [0.4, 0.5) is 6.01 Å². The van der Waals surface area contributed by atoms with Gasteiger partial charge < -0.3 is 15.1 Å². The van der Waals surface area contributed by atoms with Crippen LogP contribution in [0.15, 0.2) is 4.42 Å². The Hall–Kier alpha value is -0.750. The Morgan fingerprint density at radius 1 is 1.35 bits per heavy atom. The molecule has 6 heteroatoms. The monoisotopic (exact) mass is 258 g/mol. The molecule has 5 nitrogen and oxygen atoms in total. The first kappa shape index (κ1) is 14.3. The lowest BCUT2D eigenvalue weighted by Gasteiger charge is -2.07. The molecule has 0 radical (unpaired) electrons. The fourth-order valence-corrected chi connectivity index (χ4v) is 1.73. The number of aromatic nitrogens is 2. The molecular formula is C11H22N4OS. The predicted octanol–water partition coefficient (Wildman–Crippen LogP) is 2.29. The topological polar surface area (TPSA) is 63.0 Å². The van der Waals surface area contributed by atoms with Gasteiger partial charge in [0.2, 0.25) is 5.89 Å². The van der Waals surface area contributed by atoms with Crippen molar-refractivity contribution in [2.75, 3.05) is 24.7 Å². The second kappa shape index (κ2) is 7.55. The van der Waals surface area contributed by atoms with Crippen LogP contribution in [0.5, 0.6) is 0 Å². The van der Waals surface area contributed by atoms with Crippen molar-refractivity contribution in [3.8, 4) is 0 Å². The molecule has 0 fully saturated rings. The smallest absolute Gasteiger partial charge is 0.315 e. The van der Waals surface area contributed by atoms with Gasteiger partial charge in [0.25, 0.3) is 0 Å². The summed E-state index contributed by atoms with van der Waals surface area (Å²) in [6.45, 7) is 8.02. The molecule has 0 bridgehead atoms. The zero-order chi connectivity index (χ0) is 12.7. The zero-order valence-electron chi connectivity index (χ0n) is 11.0. The SMILES string of the molecule is CCNC(C)c1nnc(NCCC(C)SC)o1. The first-order valence-electron chi connectivity index (χ1n) is 6.00. The Morgan fingerprint density at radius 2 is 2.12 bits per heavy atom. The molecule has 1 aromatic heterocycles. The van der Waals surface area contributed by atoms with Crippen LogP contribution >= 0.6 is 11.8 Å². The van der Waals surface area contributed by atoms with Crippen molar-refractivity contribution in [3.05, 3.63) is 5.89 Å². The molecule has 2 unspecified atom stereocenters. The molecule has 0 saturated carbocycles. The third-order valence-electron chi connectivity index (χ3n) is 2.55. The molecule has 2 atom stereocenters. The van der Waals surface area contributed by atoms with Crippen LogP contribution in [0.2, 0.25) is 0 Å². The summed E-state index contributed by atoms with van der Waals surface area (Å²) < 4.78 is 5.51. The van der Waals surface area contributed by atoms with E-state index in [1.165, 1.54) is 0 Å². The molecule has 2 N–H and O–H groups in total. The number of anilines is 1. The minimum atomic E-state index is 0.105. The molecule has 0 aliphatic carbocycles. The molecule has 98 valence electrons. The van der Waals surface area contributed by atoms with Gasteiger partial charge in [0.05, 0.1) is 6.04 Å². The molecule has 1 heterocycles. The van der Waals surface area contributed by atoms with Gasteiger partial charge in [-0.15, -0.1) is 5.10 Å². The highest BCUT2D eigenvalue weighted by molar-refractivity contribution is 7.99. The molecule has 0 spiro atoms. The zero-order valence-corrected chi connectivity index (χ0v) is 11.8. The standard InChI is InChI=1S/C11H22N4OS/c1-5-12-9(3)10-14-15-11(16-10)13-7-6-8(2)17-4/h8-9,12H,5-7H2,1-4H3,(H,13,15). The third kappa shape index (κ3) is 4.95. The molecule has 1 aromatic rings. The van der Waals surface area contributed by atoms with Crippen LogP contribution in [0.3, 0.4) is 0 Å². The second-order valence-electron chi connectivity index (χ2n) is 3.99. The molecule has 0 aliphatic heterocycles. The minimum absolute atomic E-state index is 0.105. The minimum Gasteiger partial charge on any atom is -0.406 e. The second-order valence-corrected chi connectivity index (χ2v) is 5.26. The van der Waals surface area contributed by atoms with E-state index in [0.717, 1.165) is 19.5 Å². The summed E-state index contributed by atoms with van der Waals surface area (Å²) in [4.78, 5) is 0. The highest BCUT2D eigenvalue weighted by Gasteiger charge is 2.12. The number of thioether (sulfide) groups is 1. The van der Waals surface area contributed by atoms with Gasteiger partial charge in [-0.25, -0.2) is 0 Å². The molecule has 0 aromatic carbocycles. The van der Waals surface area contributed by atoms with Crippen LogP contribution in [0.1, 0.15) is 39.1 Å². The van der Waals surface area contributed by atoms with E-state index in [2.05, 4.69) is 40.9 Å². The highest BCUT2D eigenvalue weighted by atomic mass is 32.2. The number of nitrogens with zero attached hydrogens (tertiary/aromatic N) is 2. The molecular weight excluding hydrogens is 236 g/mol. The Bertz CT molecular complexity index is 318. The summed E-state index contributed by atoms with van der Waals surface area (Å²) in [6, 6.07) is 0.617. The first-order valence-corrected chi connectivity index (χ1v) is 7.29. The lowest BCUT2D eigenvalue weighted by molar-refractivity contribution is 0.428. The van der Waals surface area contributed by atoms with Crippen molar-refractivity contribution in [1.82, 2.24) is 15.5 Å². The normalized spacial score (nSPS) is 14.6. The van der Waals surface area contributed by atoms with Gasteiger partial charge in [-0.05, 0) is 26.1 Å². The van der Waals surface area contributed by atoms with Gasteiger partial charge in [-0.2, -0.15) is 11.8 Å². The van der Waals surface area contributed by atoms with E-state index in [0.29, 0.717) is 17.2 Å². The molecule has 0 amide bonds. The van der Waals surface area contributed by atoms with Crippen molar-refractivity contribution in [3.63, 3.8) is 0 Å². The van der Waals surface area contributed by atoms with E-state index in [-0.39, 0.29) is 6.04 Å². The first-order chi connectivity index (χ1) is 8.17. The van der Waals surface area contributed by atoms with E-state index in [9.17, 15) is 0 Å². The highest BCUT2D eigenvalue weighted by Crippen LogP contribution is 2.14. The Kier molecular flexibility index (Phi) is 6.36. The summed E-state index contributed by atoms with van der Waals surface area (Å²) in [6.07, 6.45) is 3.20. The molecule has 17 heavy (non-hydrogen) atoms. The van der Waals surface area contributed by atoms with Crippen molar-refractivity contribution in [2.45, 2.75) is 38.5 Å². The van der Waals surface area contributed by atoms with Crippen molar-refractivity contribution in [2.24, 2.45) is 0 Å². The Balaban J connectivity index is 2.35. The van der Waals surface area contributed by atoms with E-state index < -0.39 is 0 Å². The van der Waals surface area contributed by atoms with Crippen LogP contribution in [0.25, 0.3) is 0 Å². The van der Waals surface area contributed by atoms with E-state index in [4.69, 9.17) is 4.42 Å². The Morgan fingerprint density at radius 3 is 2.76 bits per heavy atom. The summed E-state index contributed by atoms with van der Waals surface area (Å²) in [7, 11) is 0. The number of hydrogen-bond acceptors (Lipinski definition) is 6. The van der Waals surface area contributed by atoms with Gasteiger partial charge >= 0.3 is 6.01 Å². The summed E-state index contributed by atoms with van der Waals surface area (Å²) >= 11 is 1.86. The van der Waals surface area contributed by atoms with Gasteiger partial charge in [-0.1, -0.05) is 18.9 Å². The van der Waals surface area contributed by atoms with Gasteiger partial charge in [0, 0.05) is 11.8 Å². The van der Waals surface area contributed by atoms with Crippen molar-refractivity contribution in [1.29, 1.82) is 0 Å². The summed E-state index contributed by atoms with van der Waals surface area (Å²) in [5, 5.41) is 15.0. The summed E-state index contributed by atoms with van der Waals surface area (Å²) in [5.41, 5.74) is 0. The van der Waals surface area contributed by atoms with E-state index in [1.807, 2.05) is 18.7 Å². The van der Waals surface area contributed by atoms with Crippen LogP contribution in [-0.4, -0.2) is 34.8 Å². The van der Waals surface area contributed by atoms with Crippen molar-refractivity contribution >= 4 is 17.8 Å². The molecule has 0 aliphatic rings. The van der Waals surface area contributed by atoms with E-state index in [1.54, 1.807) is 0 Å². The van der Waals surface area contributed by atoms with Crippen LogP contribution in [-0.2, 0) is 0 Å². The summed E-state index contributed by atoms with van der Waals surface area (Å²) in [5.74, 6) is 0.632. The van der Waals surface area contributed by atoms with Crippen molar-refractivity contribution < 1.29 is 4.42 Å². The quantitative estimate of drug-likeness (QED) is 0.746. The van der Waals surface area contributed by atoms with Gasteiger partial charge in [0.15, 0.2) is 0 Å². The van der Waals surface area contributed by atoms with Crippen LogP contribution in [0, 0.1) is 0 Å². The third-order valence-corrected chi connectivity index (χ3v) is 3.59. The maximum absolute atomic E-state index is 5.51. The van der Waals surface area contributed by atoms with Gasteiger partial charge in [0.1, 0.15) is 0 Å². The fraction of sp³-hybridized carbons (Fsp3) is 0.818.